The summed E-state index contributed by atoms with van der Waals surface area (Å²) < 4.78 is 20.9. The van der Waals surface area contributed by atoms with E-state index < -0.39 is 0 Å². The van der Waals surface area contributed by atoms with Gasteiger partial charge in [0.1, 0.15) is 5.82 Å². The van der Waals surface area contributed by atoms with Crippen LogP contribution in [0.15, 0.2) is 30.5 Å². The van der Waals surface area contributed by atoms with Gasteiger partial charge in [-0.15, -0.1) is 0 Å². The molecule has 6 heteroatoms. The highest BCUT2D eigenvalue weighted by Crippen LogP contribution is 2.33. The Hall–Kier alpha value is -2.21. The zero-order valence-electron chi connectivity index (χ0n) is 14.3. The van der Waals surface area contributed by atoms with E-state index >= 15 is 0 Å². The van der Waals surface area contributed by atoms with Gasteiger partial charge < -0.3 is 9.64 Å². The maximum Gasteiger partial charge on any atom is 0.254 e. The highest BCUT2D eigenvalue weighted by atomic mass is 19.1. The molecular formula is C19H22FN3O2. The Morgan fingerprint density at radius 3 is 2.76 bits per heavy atom. The number of aryl methyl sites for hydroxylation is 1. The molecule has 1 saturated carbocycles. The topological polar surface area (TPSA) is 47.4 Å². The molecule has 1 atom stereocenters. The standard InChI is InChI=1S/C19H22FN3O2/c1-22-18-15(10-21-22)8-9-23(17(18)12-25-11-13-2-3-13)19(24)14-4-6-16(20)7-5-14/h4-7,10,13,17H,2-3,8-9,11-12H2,1H3/t17-/m0/s1. The second-order valence-electron chi connectivity index (χ2n) is 6.93. The number of carbonyl (C=O) groups is 1. The van der Waals surface area contributed by atoms with Crippen molar-refractivity contribution in [3.8, 4) is 0 Å². The second kappa shape index (κ2) is 6.59. The third-order valence-electron chi connectivity index (χ3n) is 5.06. The first-order chi connectivity index (χ1) is 12.1. The minimum atomic E-state index is -0.339. The van der Waals surface area contributed by atoms with Gasteiger partial charge in [0.25, 0.3) is 5.91 Å². The molecule has 2 aliphatic rings. The molecule has 5 nitrogen and oxygen atoms in total. The number of nitrogens with zero attached hydrogens (tertiary/aromatic N) is 3. The lowest BCUT2D eigenvalue weighted by Crippen LogP contribution is -2.42. The van der Waals surface area contributed by atoms with Gasteiger partial charge in [0.15, 0.2) is 0 Å². The van der Waals surface area contributed by atoms with Crippen LogP contribution in [0.2, 0.25) is 0 Å². The summed E-state index contributed by atoms with van der Waals surface area (Å²) in [6.07, 6.45) is 5.12. The highest BCUT2D eigenvalue weighted by molar-refractivity contribution is 5.94. The van der Waals surface area contributed by atoms with Crippen molar-refractivity contribution in [2.75, 3.05) is 19.8 Å². The number of carbonyl (C=O) groups excluding carboxylic acids is 1. The Morgan fingerprint density at radius 1 is 1.28 bits per heavy atom. The predicted molar refractivity (Wildman–Crippen MR) is 90.6 cm³/mol. The van der Waals surface area contributed by atoms with Crippen LogP contribution in [0.25, 0.3) is 0 Å². The molecule has 4 rings (SSSR count). The molecular weight excluding hydrogens is 321 g/mol. The van der Waals surface area contributed by atoms with E-state index in [9.17, 15) is 9.18 Å². The van der Waals surface area contributed by atoms with Crippen molar-refractivity contribution in [1.29, 1.82) is 0 Å². The number of halogens is 1. The zero-order valence-corrected chi connectivity index (χ0v) is 14.3. The Balaban J connectivity index is 1.58. The first-order valence-corrected chi connectivity index (χ1v) is 8.78. The van der Waals surface area contributed by atoms with E-state index in [2.05, 4.69) is 5.10 Å². The van der Waals surface area contributed by atoms with E-state index in [1.807, 2.05) is 22.8 Å². The fourth-order valence-corrected chi connectivity index (χ4v) is 3.46. The normalized spacial score (nSPS) is 19.8. The molecule has 2 heterocycles. The minimum absolute atomic E-state index is 0.0909. The first kappa shape index (κ1) is 16.3. The van der Waals surface area contributed by atoms with Gasteiger partial charge in [0.2, 0.25) is 0 Å². The van der Waals surface area contributed by atoms with E-state index in [1.165, 1.54) is 30.5 Å². The molecule has 1 amide bonds. The summed E-state index contributed by atoms with van der Waals surface area (Å²) >= 11 is 0. The van der Waals surface area contributed by atoms with Crippen LogP contribution >= 0.6 is 0 Å². The first-order valence-electron chi connectivity index (χ1n) is 8.78. The van der Waals surface area contributed by atoms with Crippen LogP contribution in [0.5, 0.6) is 0 Å². The third kappa shape index (κ3) is 3.31. The van der Waals surface area contributed by atoms with Gasteiger partial charge in [-0.2, -0.15) is 5.10 Å². The number of ether oxygens (including phenoxy) is 1. The molecule has 0 N–H and O–H groups in total. The highest BCUT2D eigenvalue weighted by Gasteiger charge is 2.34. The van der Waals surface area contributed by atoms with E-state index in [1.54, 1.807) is 12.1 Å². The van der Waals surface area contributed by atoms with Crippen molar-refractivity contribution in [1.82, 2.24) is 14.7 Å². The van der Waals surface area contributed by atoms with Crippen LogP contribution in [-0.4, -0.2) is 40.3 Å². The van der Waals surface area contributed by atoms with Crippen LogP contribution in [-0.2, 0) is 18.2 Å². The summed E-state index contributed by atoms with van der Waals surface area (Å²) in [6, 6.07) is 5.57. The maximum absolute atomic E-state index is 13.2. The fraction of sp³-hybridized carbons (Fsp3) is 0.474. The van der Waals surface area contributed by atoms with E-state index in [0.29, 0.717) is 24.6 Å². The van der Waals surface area contributed by atoms with Gasteiger partial charge in [-0.1, -0.05) is 0 Å². The van der Waals surface area contributed by atoms with Crippen molar-refractivity contribution < 1.29 is 13.9 Å². The average molecular weight is 343 g/mol. The van der Waals surface area contributed by atoms with Crippen molar-refractivity contribution >= 4 is 5.91 Å². The summed E-state index contributed by atoms with van der Waals surface area (Å²) in [6.45, 7) is 1.84. The molecule has 1 aromatic carbocycles. The third-order valence-corrected chi connectivity index (χ3v) is 5.06. The molecule has 1 aliphatic heterocycles. The molecule has 0 bridgehead atoms. The summed E-state index contributed by atoms with van der Waals surface area (Å²) in [5, 5.41) is 4.36. The SMILES string of the molecule is Cn1ncc2c1[C@H](COCC1CC1)N(C(=O)c1ccc(F)cc1)CC2. The Bertz CT molecular complexity index is 767. The number of fused-ring (bicyclic) bond motifs is 1. The van der Waals surface area contributed by atoms with Gasteiger partial charge in [0.05, 0.1) is 24.5 Å². The Morgan fingerprint density at radius 2 is 2.04 bits per heavy atom. The van der Waals surface area contributed by atoms with Crippen LogP contribution in [0.4, 0.5) is 4.39 Å². The lowest BCUT2D eigenvalue weighted by molar-refractivity contribution is 0.0348. The Labute approximate surface area is 146 Å². The zero-order chi connectivity index (χ0) is 17.4. The summed E-state index contributed by atoms with van der Waals surface area (Å²) in [5.74, 6) is 0.246. The monoisotopic (exact) mass is 343 g/mol. The smallest absolute Gasteiger partial charge is 0.254 e. The molecule has 132 valence electrons. The number of amides is 1. The van der Waals surface area contributed by atoms with Crippen molar-refractivity contribution in [2.24, 2.45) is 13.0 Å². The van der Waals surface area contributed by atoms with Crippen molar-refractivity contribution in [2.45, 2.75) is 25.3 Å². The van der Waals surface area contributed by atoms with Gasteiger partial charge in [0, 0.05) is 25.8 Å². The quantitative estimate of drug-likeness (QED) is 0.839. The van der Waals surface area contributed by atoms with E-state index in [-0.39, 0.29) is 17.8 Å². The lowest BCUT2D eigenvalue weighted by atomic mass is 9.99. The number of hydrogen-bond acceptors (Lipinski definition) is 3. The summed E-state index contributed by atoms with van der Waals surface area (Å²) in [4.78, 5) is 14.8. The number of benzene rings is 1. The van der Waals surface area contributed by atoms with Crippen LogP contribution in [0.3, 0.4) is 0 Å². The summed E-state index contributed by atoms with van der Waals surface area (Å²) in [7, 11) is 1.90. The molecule has 0 spiro atoms. The molecule has 25 heavy (non-hydrogen) atoms. The number of aromatic nitrogens is 2. The molecule has 0 saturated heterocycles. The number of hydrogen-bond donors (Lipinski definition) is 0. The second-order valence-corrected chi connectivity index (χ2v) is 6.93. The molecule has 1 aliphatic carbocycles. The van der Waals surface area contributed by atoms with Crippen molar-refractivity contribution in [3.05, 3.63) is 53.1 Å². The largest absolute Gasteiger partial charge is 0.379 e. The molecule has 0 radical (unpaired) electrons. The van der Waals surface area contributed by atoms with Crippen molar-refractivity contribution in [3.63, 3.8) is 0 Å². The van der Waals surface area contributed by atoms with E-state index in [4.69, 9.17) is 4.74 Å². The number of rotatable bonds is 5. The average Bonchev–Trinajstić information content (AvgIpc) is 3.36. The van der Waals surface area contributed by atoms with Gasteiger partial charge in [-0.25, -0.2) is 4.39 Å². The predicted octanol–water partition coefficient (Wildman–Crippen LogP) is 2.73. The molecule has 1 fully saturated rings. The maximum atomic E-state index is 13.2. The van der Waals surface area contributed by atoms with E-state index in [0.717, 1.165) is 18.7 Å². The molecule has 2 aromatic rings. The minimum Gasteiger partial charge on any atom is -0.379 e. The van der Waals surface area contributed by atoms with Crippen LogP contribution < -0.4 is 0 Å². The molecule has 0 unspecified atom stereocenters. The van der Waals surface area contributed by atoms with Crippen LogP contribution in [0.1, 0.15) is 40.5 Å². The lowest BCUT2D eigenvalue weighted by Gasteiger charge is -2.36. The van der Waals surface area contributed by atoms with Gasteiger partial charge in [-0.05, 0) is 55.0 Å². The fourth-order valence-electron chi connectivity index (χ4n) is 3.46. The van der Waals surface area contributed by atoms with Crippen LogP contribution in [0, 0.1) is 11.7 Å². The molecule has 1 aromatic heterocycles. The Kier molecular flexibility index (Phi) is 4.29. The van der Waals surface area contributed by atoms with Gasteiger partial charge in [-0.3, -0.25) is 9.48 Å². The summed E-state index contributed by atoms with van der Waals surface area (Å²) in [5.41, 5.74) is 2.71. The van der Waals surface area contributed by atoms with Gasteiger partial charge >= 0.3 is 0 Å².